The highest BCUT2D eigenvalue weighted by atomic mass is 16.5. The molecule has 3 heterocycles. The van der Waals surface area contributed by atoms with Gasteiger partial charge >= 0.3 is 12.1 Å². The Bertz CT molecular complexity index is 1180. The number of para-hydroxylation sites is 1. The number of urea groups is 1. The molecule has 0 bridgehead atoms. The number of fused-ring (bicyclic) bond motifs is 1. The van der Waals surface area contributed by atoms with E-state index >= 15 is 0 Å². The molecule has 9 heteroatoms. The molecule has 9 nitrogen and oxygen atoms in total. The van der Waals surface area contributed by atoms with E-state index in [-0.39, 0.29) is 24.2 Å². The van der Waals surface area contributed by atoms with Gasteiger partial charge in [-0.2, -0.15) is 0 Å². The van der Waals surface area contributed by atoms with E-state index in [4.69, 9.17) is 4.74 Å². The number of pyridine rings is 1. The SMILES string of the molecule is O=C(Nc1cc(Oc2cc3ccccc3n2C(=O)NC2CCCC2)ccn1)N1CCC(O)CC1. The van der Waals surface area contributed by atoms with Crippen molar-refractivity contribution >= 4 is 28.8 Å². The summed E-state index contributed by atoms with van der Waals surface area (Å²) in [5.74, 6) is 1.20. The second-order valence-corrected chi connectivity index (χ2v) is 8.93. The van der Waals surface area contributed by atoms with E-state index < -0.39 is 0 Å². The molecule has 1 saturated carbocycles. The zero-order valence-corrected chi connectivity index (χ0v) is 18.9. The second kappa shape index (κ2) is 9.72. The van der Waals surface area contributed by atoms with Crippen molar-refractivity contribution in [1.29, 1.82) is 0 Å². The maximum atomic E-state index is 13.2. The Balaban J connectivity index is 1.35. The molecule has 0 unspecified atom stereocenters. The molecule has 2 aromatic heterocycles. The number of nitrogens with zero attached hydrogens (tertiary/aromatic N) is 3. The number of ether oxygens (including phenoxy) is 1. The van der Waals surface area contributed by atoms with Crippen LogP contribution in [0.4, 0.5) is 15.4 Å². The van der Waals surface area contributed by atoms with Gasteiger partial charge in [-0.1, -0.05) is 31.0 Å². The van der Waals surface area contributed by atoms with Crippen LogP contribution < -0.4 is 15.4 Å². The molecule has 34 heavy (non-hydrogen) atoms. The van der Waals surface area contributed by atoms with Crippen LogP contribution in [0.1, 0.15) is 38.5 Å². The predicted molar refractivity (Wildman–Crippen MR) is 128 cm³/mol. The number of carbonyl (C=O) groups excluding carboxylic acids is 2. The normalized spacial score (nSPS) is 17.1. The summed E-state index contributed by atoms with van der Waals surface area (Å²) in [7, 11) is 0. The summed E-state index contributed by atoms with van der Waals surface area (Å²) in [5.41, 5.74) is 0.767. The minimum atomic E-state index is -0.350. The molecule has 1 saturated heterocycles. The number of rotatable bonds is 4. The Morgan fingerprint density at radius 3 is 2.56 bits per heavy atom. The summed E-state index contributed by atoms with van der Waals surface area (Å²) in [6.07, 6.45) is 6.58. The molecular weight excluding hydrogens is 434 g/mol. The summed E-state index contributed by atoms with van der Waals surface area (Å²) in [6, 6.07) is 12.5. The number of amides is 3. The molecule has 3 N–H and O–H groups in total. The van der Waals surface area contributed by atoms with Gasteiger partial charge in [0.05, 0.1) is 11.6 Å². The van der Waals surface area contributed by atoms with Crippen molar-refractivity contribution in [3.05, 3.63) is 48.7 Å². The molecule has 178 valence electrons. The molecule has 0 atom stereocenters. The van der Waals surface area contributed by atoms with E-state index in [2.05, 4.69) is 15.6 Å². The van der Waals surface area contributed by atoms with Gasteiger partial charge in [0.1, 0.15) is 11.6 Å². The largest absolute Gasteiger partial charge is 0.440 e. The topological polar surface area (TPSA) is 109 Å². The van der Waals surface area contributed by atoms with Gasteiger partial charge in [0.2, 0.25) is 5.88 Å². The van der Waals surface area contributed by atoms with E-state index in [1.807, 2.05) is 30.3 Å². The Hall–Kier alpha value is -3.59. The molecule has 0 spiro atoms. The first kappa shape index (κ1) is 22.2. The monoisotopic (exact) mass is 463 g/mol. The minimum absolute atomic E-state index is 0.181. The van der Waals surface area contributed by atoms with Gasteiger partial charge in [-0.25, -0.2) is 19.1 Å². The quantitative estimate of drug-likeness (QED) is 0.534. The number of likely N-dealkylation sites (tertiary alicyclic amines) is 1. The number of anilines is 1. The summed E-state index contributed by atoms with van der Waals surface area (Å²) < 4.78 is 7.69. The summed E-state index contributed by atoms with van der Waals surface area (Å²) in [6.45, 7) is 0.999. The molecule has 2 fully saturated rings. The number of carbonyl (C=O) groups is 2. The number of piperidine rings is 1. The number of nitrogens with one attached hydrogen (secondary N) is 2. The van der Waals surface area contributed by atoms with Crippen LogP contribution in [-0.4, -0.2) is 56.9 Å². The van der Waals surface area contributed by atoms with E-state index in [9.17, 15) is 14.7 Å². The first-order valence-electron chi connectivity index (χ1n) is 11.9. The van der Waals surface area contributed by atoms with E-state index in [1.54, 1.807) is 27.8 Å². The third kappa shape index (κ3) is 4.84. The molecule has 1 aromatic carbocycles. The van der Waals surface area contributed by atoms with Gasteiger partial charge in [0, 0.05) is 42.8 Å². The number of hydrogen-bond acceptors (Lipinski definition) is 5. The van der Waals surface area contributed by atoms with Crippen molar-refractivity contribution < 1.29 is 19.4 Å². The van der Waals surface area contributed by atoms with Gasteiger partial charge in [0.25, 0.3) is 0 Å². The van der Waals surface area contributed by atoms with Crippen molar-refractivity contribution in [2.45, 2.75) is 50.7 Å². The lowest BCUT2D eigenvalue weighted by molar-refractivity contribution is 0.0972. The van der Waals surface area contributed by atoms with E-state index in [0.29, 0.717) is 43.4 Å². The van der Waals surface area contributed by atoms with Crippen LogP contribution in [-0.2, 0) is 0 Å². The highest BCUT2D eigenvalue weighted by Gasteiger charge is 2.23. The van der Waals surface area contributed by atoms with Crippen molar-refractivity contribution in [3.8, 4) is 11.6 Å². The van der Waals surface area contributed by atoms with Crippen molar-refractivity contribution in [2.24, 2.45) is 0 Å². The minimum Gasteiger partial charge on any atom is -0.440 e. The Morgan fingerprint density at radius 1 is 1.00 bits per heavy atom. The fourth-order valence-corrected chi connectivity index (χ4v) is 4.64. The average Bonchev–Trinajstić information content (AvgIpc) is 3.47. The van der Waals surface area contributed by atoms with Gasteiger partial charge in [0.15, 0.2) is 0 Å². The van der Waals surface area contributed by atoms with Crippen LogP contribution >= 0.6 is 0 Å². The molecular formula is C25H29N5O4. The van der Waals surface area contributed by atoms with E-state index in [1.165, 1.54) is 0 Å². The highest BCUT2D eigenvalue weighted by Crippen LogP contribution is 2.30. The van der Waals surface area contributed by atoms with Gasteiger partial charge < -0.3 is 20.1 Å². The molecule has 3 amide bonds. The fourth-order valence-electron chi connectivity index (χ4n) is 4.64. The van der Waals surface area contributed by atoms with Crippen LogP contribution in [0.3, 0.4) is 0 Å². The van der Waals surface area contributed by atoms with Crippen LogP contribution in [0.5, 0.6) is 11.6 Å². The summed E-state index contributed by atoms with van der Waals surface area (Å²) in [4.78, 5) is 31.6. The zero-order chi connectivity index (χ0) is 23.5. The number of aliphatic hydroxyl groups is 1. The molecule has 1 aliphatic heterocycles. The van der Waals surface area contributed by atoms with Crippen LogP contribution in [0.15, 0.2) is 48.7 Å². The van der Waals surface area contributed by atoms with E-state index in [0.717, 1.165) is 36.6 Å². The summed E-state index contributed by atoms with van der Waals surface area (Å²) >= 11 is 0. The lowest BCUT2D eigenvalue weighted by atomic mass is 10.1. The standard InChI is InChI=1S/C25H29N5O4/c31-19-10-13-29(14-11-19)24(32)28-22-16-20(9-12-26-22)34-23-15-17-5-1-4-8-21(17)30(23)25(33)27-18-6-2-3-7-18/h1,4-5,8-9,12,15-16,18-19,31H,2-3,6-7,10-11,13-14H2,(H,27,33)(H,26,28,32). The van der Waals surface area contributed by atoms with Crippen molar-refractivity contribution in [1.82, 2.24) is 19.8 Å². The number of aromatic nitrogens is 2. The third-order valence-electron chi connectivity index (χ3n) is 6.50. The van der Waals surface area contributed by atoms with Gasteiger partial charge in [-0.05, 0) is 37.8 Å². The first-order chi connectivity index (χ1) is 16.6. The Labute approximate surface area is 197 Å². The maximum absolute atomic E-state index is 13.2. The van der Waals surface area contributed by atoms with Gasteiger partial charge in [-0.15, -0.1) is 0 Å². The van der Waals surface area contributed by atoms with Crippen LogP contribution in [0.25, 0.3) is 10.9 Å². The lowest BCUT2D eigenvalue weighted by Gasteiger charge is -2.29. The smallest absolute Gasteiger partial charge is 0.329 e. The lowest BCUT2D eigenvalue weighted by Crippen LogP contribution is -2.42. The number of benzene rings is 1. The second-order valence-electron chi connectivity index (χ2n) is 8.93. The highest BCUT2D eigenvalue weighted by molar-refractivity contribution is 5.94. The van der Waals surface area contributed by atoms with Crippen LogP contribution in [0.2, 0.25) is 0 Å². The van der Waals surface area contributed by atoms with Gasteiger partial charge in [-0.3, -0.25) is 5.32 Å². The number of hydrogen-bond donors (Lipinski definition) is 3. The molecule has 3 aromatic rings. The predicted octanol–water partition coefficient (Wildman–Crippen LogP) is 4.32. The average molecular weight is 464 g/mol. The zero-order valence-electron chi connectivity index (χ0n) is 18.9. The third-order valence-corrected chi connectivity index (χ3v) is 6.50. The van der Waals surface area contributed by atoms with Crippen LogP contribution in [0, 0.1) is 0 Å². The Morgan fingerprint density at radius 2 is 1.76 bits per heavy atom. The maximum Gasteiger partial charge on any atom is 0.329 e. The Kier molecular flexibility index (Phi) is 6.35. The molecule has 1 aliphatic carbocycles. The molecule has 0 radical (unpaired) electrons. The fraction of sp³-hybridized carbons (Fsp3) is 0.400. The summed E-state index contributed by atoms with van der Waals surface area (Å²) in [5, 5.41) is 16.5. The number of aliphatic hydroxyl groups excluding tert-OH is 1. The molecule has 5 rings (SSSR count). The first-order valence-corrected chi connectivity index (χ1v) is 11.9. The van der Waals surface area contributed by atoms with Crippen molar-refractivity contribution in [2.75, 3.05) is 18.4 Å². The molecule has 2 aliphatic rings. The van der Waals surface area contributed by atoms with Crippen molar-refractivity contribution in [3.63, 3.8) is 0 Å².